The summed E-state index contributed by atoms with van der Waals surface area (Å²) in [5.41, 5.74) is 3.55. The molecule has 0 spiro atoms. The number of nitrogens with one attached hydrogen (secondary N) is 1. The highest BCUT2D eigenvalue weighted by Gasteiger charge is 2.34. The number of amides is 2. The van der Waals surface area contributed by atoms with Crippen molar-refractivity contribution in [3.05, 3.63) is 95.1 Å². The van der Waals surface area contributed by atoms with Crippen LogP contribution in [0.15, 0.2) is 72.8 Å². The number of methoxy groups -OCH3 is 2. The van der Waals surface area contributed by atoms with Crippen molar-refractivity contribution in [2.75, 3.05) is 14.2 Å². The van der Waals surface area contributed by atoms with Crippen LogP contribution in [0.4, 0.5) is 0 Å². The molecule has 0 radical (unpaired) electrons. The van der Waals surface area contributed by atoms with Gasteiger partial charge in [-0.1, -0.05) is 42.5 Å². The molecule has 6 heteroatoms. The minimum atomic E-state index is -0.378. The molecule has 4 rings (SSSR count). The van der Waals surface area contributed by atoms with Crippen LogP contribution in [-0.4, -0.2) is 30.9 Å². The summed E-state index contributed by atoms with van der Waals surface area (Å²) >= 11 is 0. The summed E-state index contributed by atoms with van der Waals surface area (Å²) in [5.74, 6) is 1.33. The number of carbonyl (C=O) groups is 2. The van der Waals surface area contributed by atoms with E-state index < -0.39 is 0 Å². The van der Waals surface area contributed by atoms with Gasteiger partial charge in [-0.2, -0.15) is 0 Å². The molecular formula is C26H26N2O4. The van der Waals surface area contributed by atoms with Crippen molar-refractivity contribution in [1.82, 2.24) is 10.2 Å². The summed E-state index contributed by atoms with van der Waals surface area (Å²) in [6.07, 6.45) is 0.169. The Morgan fingerprint density at radius 3 is 2.19 bits per heavy atom. The van der Waals surface area contributed by atoms with E-state index in [9.17, 15) is 9.59 Å². The zero-order valence-corrected chi connectivity index (χ0v) is 18.2. The van der Waals surface area contributed by atoms with E-state index in [1.54, 1.807) is 19.1 Å². The number of benzene rings is 3. The fraction of sp³-hybridized carbons (Fsp3) is 0.231. The molecule has 0 fully saturated rings. The first-order chi connectivity index (χ1) is 15.6. The van der Waals surface area contributed by atoms with Gasteiger partial charge in [-0.15, -0.1) is 0 Å². The highest BCUT2D eigenvalue weighted by molar-refractivity contribution is 5.98. The standard InChI is InChI=1S/C26H26N2O4/c1-31-21-11-7-18(8-12-21)16-27-25(29)15-24(19-9-13-22(32-2)14-10-19)28-17-20-5-3-4-6-23(20)26(28)30/h3-14,24H,15-17H2,1-2H3,(H,27,29)/t24-/m0/s1. The Morgan fingerprint density at radius 1 is 0.938 bits per heavy atom. The van der Waals surface area contributed by atoms with Crippen LogP contribution in [0.25, 0.3) is 0 Å². The Bertz CT molecular complexity index is 1090. The van der Waals surface area contributed by atoms with Gasteiger partial charge in [0.25, 0.3) is 5.91 Å². The minimum absolute atomic E-state index is 0.0515. The number of nitrogens with zero attached hydrogens (tertiary/aromatic N) is 1. The first-order valence-corrected chi connectivity index (χ1v) is 10.5. The molecule has 1 N–H and O–H groups in total. The van der Waals surface area contributed by atoms with Crippen LogP contribution < -0.4 is 14.8 Å². The molecule has 3 aromatic carbocycles. The topological polar surface area (TPSA) is 67.9 Å². The fourth-order valence-corrected chi connectivity index (χ4v) is 3.95. The maximum atomic E-state index is 13.1. The summed E-state index contributed by atoms with van der Waals surface area (Å²) in [7, 11) is 3.23. The van der Waals surface area contributed by atoms with Gasteiger partial charge in [0.1, 0.15) is 11.5 Å². The number of rotatable bonds is 8. The first kappa shape index (κ1) is 21.4. The first-order valence-electron chi connectivity index (χ1n) is 10.5. The summed E-state index contributed by atoms with van der Waals surface area (Å²) < 4.78 is 10.4. The molecule has 3 aromatic rings. The highest BCUT2D eigenvalue weighted by Crippen LogP contribution is 2.34. The van der Waals surface area contributed by atoms with Crippen LogP contribution in [0.2, 0.25) is 0 Å². The Hall–Kier alpha value is -3.80. The molecule has 0 aliphatic carbocycles. The second-order valence-corrected chi connectivity index (χ2v) is 7.71. The molecule has 1 atom stereocenters. The number of ether oxygens (including phenoxy) is 2. The van der Waals surface area contributed by atoms with Gasteiger partial charge < -0.3 is 19.7 Å². The van der Waals surface area contributed by atoms with Crippen molar-refractivity contribution < 1.29 is 19.1 Å². The van der Waals surface area contributed by atoms with Crippen LogP contribution in [0.1, 0.15) is 39.5 Å². The molecule has 0 saturated heterocycles. The molecule has 0 bridgehead atoms. The van der Waals surface area contributed by atoms with Crippen molar-refractivity contribution in [2.45, 2.75) is 25.6 Å². The molecular weight excluding hydrogens is 404 g/mol. The van der Waals surface area contributed by atoms with Crippen molar-refractivity contribution in [3.8, 4) is 11.5 Å². The molecule has 1 aliphatic rings. The van der Waals surface area contributed by atoms with E-state index in [2.05, 4.69) is 5.32 Å². The maximum Gasteiger partial charge on any atom is 0.255 e. The lowest BCUT2D eigenvalue weighted by molar-refractivity contribution is -0.122. The van der Waals surface area contributed by atoms with Gasteiger partial charge in [-0.25, -0.2) is 0 Å². The minimum Gasteiger partial charge on any atom is -0.497 e. The van der Waals surface area contributed by atoms with E-state index in [1.165, 1.54) is 0 Å². The van der Waals surface area contributed by atoms with Crippen LogP contribution in [0, 0.1) is 0 Å². The summed E-state index contributed by atoms with van der Waals surface area (Å²) in [5, 5.41) is 2.98. The fourth-order valence-electron chi connectivity index (χ4n) is 3.95. The summed E-state index contributed by atoms with van der Waals surface area (Å²) in [6, 6.07) is 22.3. The van der Waals surface area contributed by atoms with E-state index in [4.69, 9.17) is 9.47 Å². The summed E-state index contributed by atoms with van der Waals surface area (Å²) in [6.45, 7) is 0.893. The number of hydrogen-bond acceptors (Lipinski definition) is 4. The molecule has 164 valence electrons. The third-order valence-electron chi connectivity index (χ3n) is 5.75. The molecule has 32 heavy (non-hydrogen) atoms. The SMILES string of the molecule is COc1ccc(CNC(=O)C[C@@H](c2ccc(OC)cc2)N2Cc3ccccc3C2=O)cc1. The highest BCUT2D eigenvalue weighted by atomic mass is 16.5. The third kappa shape index (κ3) is 4.59. The molecule has 2 amide bonds. The van der Waals surface area contributed by atoms with Crippen LogP contribution in [-0.2, 0) is 17.9 Å². The average Bonchev–Trinajstić information content (AvgIpc) is 3.18. The smallest absolute Gasteiger partial charge is 0.255 e. The van der Waals surface area contributed by atoms with E-state index in [0.29, 0.717) is 18.7 Å². The lowest BCUT2D eigenvalue weighted by Gasteiger charge is -2.28. The van der Waals surface area contributed by atoms with Crippen molar-refractivity contribution >= 4 is 11.8 Å². The Kier molecular flexibility index (Phi) is 6.40. The van der Waals surface area contributed by atoms with Crippen LogP contribution in [0.5, 0.6) is 11.5 Å². The van der Waals surface area contributed by atoms with Crippen LogP contribution in [0.3, 0.4) is 0 Å². The van der Waals surface area contributed by atoms with Gasteiger partial charge in [-0.05, 0) is 47.0 Å². The predicted molar refractivity (Wildman–Crippen MR) is 122 cm³/mol. The molecule has 0 unspecified atom stereocenters. The quantitative estimate of drug-likeness (QED) is 0.584. The van der Waals surface area contributed by atoms with Gasteiger partial charge in [0, 0.05) is 18.7 Å². The average molecular weight is 431 g/mol. The van der Waals surface area contributed by atoms with Crippen molar-refractivity contribution in [1.29, 1.82) is 0 Å². The van der Waals surface area contributed by atoms with Crippen molar-refractivity contribution in [2.24, 2.45) is 0 Å². The van der Waals surface area contributed by atoms with Gasteiger partial charge in [0.05, 0.1) is 26.7 Å². The molecule has 0 aromatic heterocycles. The van der Waals surface area contributed by atoms with E-state index >= 15 is 0 Å². The third-order valence-corrected chi connectivity index (χ3v) is 5.75. The number of hydrogen-bond donors (Lipinski definition) is 1. The largest absolute Gasteiger partial charge is 0.497 e. The van der Waals surface area contributed by atoms with E-state index in [1.807, 2.05) is 72.8 Å². The monoisotopic (exact) mass is 430 g/mol. The summed E-state index contributed by atoms with van der Waals surface area (Å²) in [4.78, 5) is 27.8. The second-order valence-electron chi connectivity index (χ2n) is 7.71. The van der Waals surface area contributed by atoms with Crippen molar-refractivity contribution in [3.63, 3.8) is 0 Å². The van der Waals surface area contributed by atoms with Gasteiger partial charge >= 0.3 is 0 Å². The molecule has 6 nitrogen and oxygen atoms in total. The van der Waals surface area contributed by atoms with E-state index in [-0.39, 0.29) is 24.3 Å². The Labute approximate surface area is 187 Å². The van der Waals surface area contributed by atoms with Gasteiger partial charge in [-0.3, -0.25) is 9.59 Å². The second kappa shape index (κ2) is 9.56. The Morgan fingerprint density at radius 2 is 1.56 bits per heavy atom. The molecule has 0 saturated carbocycles. The number of fused-ring (bicyclic) bond motifs is 1. The maximum absolute atomic E-state index is 13.1. The normalized spacial score (nSPS) is 13.4. The zero-order chi connectivity index (χ0) is 22.5. The van der Waals surface area contributed by atoms with E-state index in [0.717, 1.165) is 28.2 Å². The van der Waals surface area contributed by atoms with Gasteiger partial charge in [0.2, 0.25) is 5.91 Å². The Balaban J connectivity index is 1.51. The lowest BCUT2D eigenvalue weighted by Crippen LogP contribution is -2.34. The molecule has 1 aliphatic heterocycles. The van der Waals surface area contributed by atoms with Gasteiger partial charge in [0.15, 0.2) is 0 Å². The molecule has 1 heterocycles. The zero-order valence-electron chi connectivity index (χ0n) is 18.2. The number of carbonyl (C=O) groups excluding carboxylic acids is 2. The lowest BCUT2D eigenvalue weighted by atomic mass is 10.0. The van der Waals surface area contributed by atoms with Crippen LogP contribution >= 0.6 is 0 Å². The predicted octanol–water partition coefficient (Wildman–Crippen LogP) is 4.11.